The third-order valence-corrected chi connectivity index (χ3v) is 1.18. The number of carbonyl (C=O) groups is 1. The second-order valence-corrected chi connectivity index (χ2v) is 2.35. The fourth-order valence-corrected chi connectivity index (χ4v) is 0.636. The van der Waals surface area contributed by atoms with Crippen LogP contribution in [0.4, 0.5) is 13.2 Å². The van der Waals surface area contributed by atoms with Crippen LogP contribution < -0.4 is 5.48 Å². The lowest BCUT2D eigenvalue weighted by Crippen LogP contribution is -2.29. The Bertz CT molecular complexity index is 294. The highest BCUT2D eigenvalue weighted by atomic mass is 19.4. The van der Waals surface area contributed by atoms with E-state index in [0.29, 0.717) is 0 Å². The van der Waals surface area contributed by atoms with Gasteiger partial charge in [-0.1, -0.05) is 0 Å². The lowest BCUT2D eigenvalue weighted by Gasteiger charge is -2.06. The first-order valence-corrected chi connectivity index (χ1v) is 3.50. The number of nitrogens with one attached hydrogen (secondary N) is 1. The molecule has 0 bridgehead atoms. The molecule has 0 aliphatic rings. The molecule has 1 N–H and O–H groups in total. The zero-order valence-electron chi connectivity index (χ0n) is 6.80. The van der Waals surface area contributed by atoms with Gasteiger partial charge in [0.25, 0.3) is 5.91 Å². The van der Waals surface area contributed by atoms with Gasteiger partial charge in [0.1, 0.15) is 6.26 Å². The van der Waals surface area contributed by atoms with Crippen LogP contribution in [0, 0.1) is 0 Å². The van der Waals surface area contributed by atoms with E-state index in [2.05, 4.69) is 9.25 Å². The molecule has 0 unspecified atom stereocenters. The van der Waals surface area contributed by atoms with Gasteiger partial charge in [-0.15, -0.1) is 0 Å². The highest BCUT2D eigenvalue weighted by molar-refractivity contribution is 5.92. The second-order valence-electron chi connectivity index (χ2n) is 2.35. The standard InChI is InChI=1S/C7H6F3NO3/c8-7(9,10)4-14-11-6(12)5-1-2-13-3-5/h1-3H,4H2,(H,11,12). The van der Waals surface area contributed by atoms with Gasteiger partial charge in [0.05, 0.1) is 11.8 Å². The third-order valence-electron chi connectivity index (χ3n) is 1.18. The number of rotatable bonds is 3. The summed E-state index contributed by atoms with van der Waals surface area (Å²) in [7, 11) is 0. The van der Waals surface area contributed by atoms with Crippen molar-refractivity contribution in [3.63, 3.8) is 0 Å². The average Bonchev–Trinajstić information content (AvgIpc) is 2.53. The molecule has 1 heterocycles. The lowest BCUT2D eigenvalue weighted by atomic mass is 10.3. The van der Waals surface area contributed by atoms with Crippen molar-refractivity contribution in [2.75, 3.05) is 6.61 Å². The fraction of sp³-hybridized carbons (Fsp3) is 0.286. The van der Waals surface area contributed by atoms with Gasteiger partial charge in [0, 0.05) is 0 Å². The summed E-state index contributed by atoms with van der Waals surface area (Å²) in [5.74, 6) is -0.789. The molecule has 0 aromatic carbocycles. The van der Waals surface area contributed by atoms with E-state index in [0.717, 1.165) is 6.26 Å². The maximum atomic E-state index is 11.6. The second kappa shape index (κ2) is 4.14. The van der Waals surface area contributed by atoms with Crippen LogP contribution in [-0.4, -0.2) is 18.7 Å². The molecule has 7 heteroatoms. The van der Waals surface area contributed by atoms with Gasteiger partial charge in [0.15, 0.2) is 6.61 Å². The molecule has 1 rings (SSSR count). The fourth-order valence-electron chi connectivity index (χ4n) is 0.636. The van der Waals surface area contributed by atoms with Gasteiger partial charge in [-0.25, -0.2) is 5.48 Å². The molecule has 0 saturated heterocycles. The van der Waals surface area contributed by atoms with Crippen molar-refractivity contribution in [2.24, 2.45) is 0 Å². The van der Waals surface area contributed by atoms with Gasteiger partial charge in [0.2, 0.25) is 0 Å². The molecule has 0 radical (unpaired) electrons. The molecule has 1 aromatic rings. The Hall–Kier alpha value is -1.50. The molecule has 0 atom stereocenters. The van der Waals surface area contributed by atoms with Crippen molar-refractivity contribution in [3.05, 3.63) is 24.2 Å². The largest absolute Gasteiger partial charge is 0.472 e. The Balaban J connectivity index is 2.30. The smallest absolute Gasteiger partial charge is 0.414 e. The monoisotopic (exact) mass is 209 g/mol. The molecule has 0 saturated carbocycles. The number of alkyl halides is 3. The number of amides is 1. The van der Waals surface area contributed by atoms with Crippen LogP contribution in [0.3, 0.4) is 0 Å². The molecule has 0 aliphatic heterocycles. The minimum atomic E-state index is -4.47. The predicted octanol–water partition coefficient (Wildman–Crippen LogP) is 1.50. The van der Waals surface area contributed by atoms with Gasteiger partial charge in [-0.2, -0.15) is 13.2 Å². The average molecular weight is 209 g/mol. The Morgan fingerprint density at radius 3 is 2.79 bits per heavy atom. The number of hydroxylamine groups is 1. The molecular weight excluding hydrogens is 203 g/mol. The van der Waals surface area contributed by atoms with E-state index in [4.69, 9.17) is 0 Å². The van der Waals surface area contributed by atoms with Gasteiger partial charge in [-0.05, 0) is 6.07 Å². The Labute approximate surface area is 76.6 Å². The maximum Gasteiger partial charge on any atom is 0.414 e. The van der Waals surface area contributed by atoms with E-state index < -0.39 is 18.7 Å². The Morgan fingerprint density at radius 2 is 2.29 bits per heavy atom. The molecular formula is C7H6F3NO3. The van der Waals surface area contributed by atoms with Crippen LogP contribution in [-0.2, 0) is 4.84 Å². The number of carbonyl (C=O) groups excluding carboxylic acids is 1. The first kappa shape index (κ1) is 10.6. The normalized spacial score (nSPS) is 11.4. The first-order valence-electron chi connectivity index (χ1n) is 3.50. The Kier molecular flexibility index (Phi) is 3.13. The van der Waals surface area contributed by atoms with Crippen molar-refractivity contribution in [1.82, 2.24) is 5.48 Å². The van der Waals surface area contributed by atoms with Crippen molar-refractivity contribution < 1.29 is 27.2 Å². The van der Waals surface area contributed by atoms with Gasteiger partial charge < -0.3 is 4.42 Å². The molecule has 14 heavy (non-hydrogen) atoms. The van der Waals surface area contributed by atoms with Crippen LogP contribution >= 0.6 is 0 Å². The van der Waals surface area contributed by atoms with E-state index in [1.165, 1.54) is 12.3 Å². The van der Waals surface area contributed by atoms with Crippen molar-refractivity contribution in [2.45, 2.75) is 6.18 Å². The zero-order chi connectivity index (χ0) is 10.6. The molecule has 0 aliphatic carbocycles. The minimum Gasteiger partial charge on any atom is -0.472 e. The summed E-state index contributed by atoms with van der Waals surface area (Å²) < 4.78 is 39.2. The topological polar surface area (TPSA) is 51.5 Å². The summed E-state index contributed by atoms with van der Waals surface area (Å²) in [5, 5.41) is 0. The highest BCUT2D eigenvalue weighted by Gasteiger charge is 2.28. The quantitative estimate of drug-likeness (QED) is 0.767. The summed E-state index contributed by atoms with van der Waals surface area (Å²) in [6, 6.07) is 1.30. The molecule has 0 spiro atoms. The number of hydrogen-bond donors (Lipinski definition) is 1. The summed E-state index contributed by atoms with van der Waals surface area (Å²) in [6.07, 6.45) is -2.16. The van der Waals surface area contributed by atoms with E-state index in [9.17, 15) is 18.0 Å². The van der Waals surface area contributed by atoms with E-state index in [1.54, 1.807) is 5.48 Å². The third kappa shape index (κ3) is 3.48. The lowest BCUT2D eigenvalue weighted by molar-refractivity contribution is -0.184. The van der Waals surface area contributed by atoms with E-state index in [1.807, 2.05) is 0 Å². The SMILES string of the molecule is O=C(NOCC(F)(F)F)c1ccoc1. The van der Waals surface area contributed by atoms with Crippen LogP contribution in [0.2, 0.25) is 0 Å². The zero-order valence-corrected chi connectivity index (χ0v) is 6.80. The van der Waals surface area contributed by atoms with Crippen LogP contribution in [0.1, 0.15) is 10.4 Å². The van der Waals surface area contributed by atoms with E-state index >= 15 is 0 Å². The molecule has 78 valence electrons. The van der Waals surface area contributed by atoms with Gasteiger partial charge in [-0.3, -0.25) is 9.63 Å². The van der Waals surface area contributed by atoms with Crippen LogP contribution in [0.25, 0.3) is 0 Å². The van der Waals surface area contributed by atoms with Crippen molar-refractivity contribution in [1.29, 1.82) is 0 Å². The maximum absolute atomic E-state index is 11.6. The summed E-state index contributed by atoms with van der Waals surface area (Å²) in [6.45, 7) is -1.53. The molecule has 1 amide bonds. The highest BCUT2D eigenvalue weighted by Crippen LogP contribution is 2.13. The number of hydrogen-bond acceptors (Lipinski definition) is 3. The summed E-state index contributed by atoms with van der Waals surface area (Å²) in [4.78, 5) is 14.8. The minimum absolute atomic E-state index is 0.0900. The molecule has 0 fully saturated rings. The van der Waals surface area contributed by atoms with Crippen molar-refractivity contribution >= 4 is 5.91 Å². The predicted molar refractivity (Wildman–Crippen MR) is 38.2 cm³/mol. The number of furan rings is 1. The van der Waals surface area contributed by atoms with Gasteiger partial charge >= 0.3 is 6.18 Å². The summed E-state index contributed by atoms with van der Waals surface area (Å²) in [5.41, 5.74) is 1.71. The van der Waals surface area contributed by atoms with Crippen LogP contribution in [0.5, 0.6) is 0 Å². The first-order chi connectivity index (χ1) is 6.49. The summed E-state index contributed by atoms with van der Waals surface area (Å²) >= 11 is 0. The Morgan fingerprint density at radius 1 is 1.57 bits per heavy atom. The molecule has 1 aromatic heterocycles. The van der Waals surface area contributed by atoms with Crippen LogP contribution in [0.15, 0.2) is 23.0 Å². The molecule has 4 nitrogen and oxygen atoms in total. The van der Waals surface area contributed by atoms with E-state index in [-0.39, 0.29) is 5.56 Å². The van der Waals surface area contributed by atoms with Crippen molar-refractivity contribution in [3.8, 4) is 0 Å². The number of halogens is 3.